The maximum absolute atomic E-state index is 13.4. The van der Waals surface area contributed by atoms with Gasteiger partial charge in [0, 0.05) is 107 Å². The van der Waals surface area contributed by atoms with Crippen molar-refractivity contribution in [1.29, 1.82) is 0 Å². The first-order chi connectivity index (χ1) is 52.2. The second kappa shape index (κ2) is 38.8. The fourth-order valence-electron chi connectivity index (χ4n) is 11.7. The molecule has 0 spiro atoms. The summed E-state index contributed by atoms with van der Waals surface area (Å²) in [6.07, 6.45) is -5.29. The van der Waals surface area contributed by atoms with E-state index >= 15 is 0 Å². The van der Waals surface area contributed by atoms with Crippen molar-refractivity contribution < 1.29 is 82.2 Å². The lowest BCUT2D eigenvalue weighted by atomic mass is 10.1. The number of nitrogens with zero attached hydrogens (tertiary/aromatic N) is 9. The van der Waals surface area contributed by atoms with Crippen molar-refractivity contribution >= 4 is 94.2 Å². The molecule has 0 fully saturated rings. The highest BCUT2D eigenvalue weighted by Crippen LogP contribution is 2.28. The number of aliphatic hydroxyl groups excluding tert-OH is 2. The van der Waals surface area contributed by atoms with Crippen LogP contribution in [-0.2, 0) is 145 Å². The van der Waals surface area contributed by atoms with Gasteiger partial charge < -0.3 is 65.3 Å². The molecule has 0 aliphatic carbocycles. The van der Waals surface area contributed by atoms with E-state index in [0.717, 1.165) is 88.5 Å². The number of rotatable bonds is 24. The SMILES string of the molecule is CC(=O)O[C@@H](C(=O)NCc1ccn(Cc2ccccc2Cl)n1)[C@@H](OC(C)=O)C(=O)N1Cc2ccccc2C1.CC(=O)O[C@@H](C(=O)O)[C@@H](OC(C)=O)C(=O)N1Cc2ccccc2C1.NCc1ccn(Cc2ccccc2Cl)n1.O=C(NCc1ccn(Cc2ccccc2Cl)n1)[C@H](O)[C@@H](O)C(=O)N1Cc2ccccc2C1. The van der Waals surface area contributed by atoms with Crippen LogP contribution in [0.3, 0.4) is 0 Å². The molecule has 29 nitrogen and oxygen atoms in total. The van der Waals surface area contributed by atoms with Gasteiger partial charge in [0.25, 0.3) is 29.5 Å². The smallest absolute Gasteiger partial charge is 0.349 e. The van der Waals surface area contributed by atoms with Crippen LogP contribution in [0.4, 0.5) is 0 Å². The Kier molecular flexibility index (Phi) is 29.0. The first-order valence-corrected chi connectivity index (χ1v) is 35.2. The summed E-state index contributed by atoms with van der Waals surface area (Å²) in [5, 5.41) is 49.9. The average molecular weight is 1550 g/mol. The monoisotopic (exact) mass is 1550 g/mol. The first-order valence-electron chi connectivity index (χ1n) is 34.1. The minimum absolute atomic E-state index is 0.0116. The number of ether oxygens (including phenoxy) is 4. The zero-order valence-electron chi connectivity index (χ0n) is 59.6. The van der Waals surface area contributed by atoms with Gasteiger partial charge in [0.2, 0.25) is 24.4 Å². The number of halogens is 3. The van der Waals surface area contributed by atoms with Gasteiger partial charge >= 0.3 is 29.8 Å². The summed E-state index contributed by atoms with van der Waals surface area (Å²) >= 11 is 18.4. The number of hydrogen-bond acceptors (Lipinski definition) is 20. The predicted octanol–water partition coefficient (Wildman–Crippen LogP) is 6.59. The Bertz CT molecular complexity index is 4680. The summed E-state index contributed by atoms with van der Waals surface area (Å²) in [5.41, 5.74) is 16.0. The van der Waals surface area contributed by atoms with Gasteiger partial charge in [-0.05, 0) is 86.5 Å². The molecule has 0 radical (unpaired) electrons. The number of carboxylic acid groups (broad SMARTS) is 1. The van der Waals surface area contributed by atoms with E-state index in [2.05, 4.69) is 30.7 Å². The van der Waals surface area contributed by atoms with Crippen LogP contribution < -0.4 is 16.4 Å². The number of carbonyl (C=O) groups excluding carboxylic acids is 9. The lowest BCUT2D eigenvalue weighted by Gasteiger charge is -2.28. The number of nitrogens with two attached hydrogens (primary N) is 1. The third-order valence-electron chi connectivity index (χ3n) is 17.0. The van der Waals surface area contributed by atoms with Crippen molar-refractivity contribution in [2.75, 3.05) is 0 Å². The molecule has 32 heteroatoms. The highest BCUT2D eigenvalue weighted by atomic mass is 35.5. The van der Waals surface area contributed by atoms with Crippen LogP contribution >= 0.6 is 34.8 Å². The Balaban J connectivity index is 0.000000175. The first kappa shape index (κ1) is 81.5. The van der Waals surface area contributed by atoms with Crippen LogP contribution in [0.2, 0.25) is 15.1 Å². The summed E-state index contributed by atoms with van der Waals surface area (Å²) in [6.45, 7) is 8.14. The van der Waals surface area contributed by atoms with E-state index in [1.165, 1.54) is 14.7 Å². The molecule has 0 saturated carbocycles. The Morgan fingerprint density at radius 3 is 1.00 bits per heavy atom. The maximum atomic E-state index is 13.4. The number of fused-ring (bicyclic) bond motifs is 3. The summed E-state index contributed by atoms with van der Waals surface area (Å²) in [4.78, 5) is 126. The number of benzene rings is 6. The number of esters is 4. The number of aromatic nitrogens is 6. The minimum Gasteiger partial charge on any atom is -0.478 e. The summed E-state index contributed by atoms with van der Waals surface area (Å²) < 4.78 is 25.2. The van der Waals surface area contributed by atoms with Crippen LogP contribution in [0.5, 0.6) is 0 Å². The highest BCUT2D eigenvalue weighted by Gasteiger charge is 2.45. The van der Waals surface area contributed by atoms with Crippen molar-refractivity contribution in [3.8, 4) is 0 Å². The fraction of sp³-hybridized carbons (Fsp3) is 0.286. The van der Waals surface area contributed by atoms with Crippen molar-refractivity contribution in [3.05, 3.63) is 265 Å². The largest absolute Gasteiger partial charge is 0.478 e. The van der Waals surface area contributed by atoms with E-state index in [4.69, 9.17) is 54.7 Å². The van der Waals surface area contributed by atoms with Gasteiger partial charge in [-0.2, -0.15) is 15.3 Å². The lowest BCUT2D eigenvalue weighted by molar-refractivity contribution is -0.183. The zero-order chi connectivity index (χ0) is 78.4. The molecule has 3 aliphatic heterocycles. The van der Waals surface area contributed by atoms with Gasteiger partial charge in [0.1, 0.15) is 0 Å². The highest BCUT2D eigenvalue weighted by molar-refractivity contribution is 6.32. The molecular weight excluding hydrogens is 1470 g/mol. The standard InChI is InChI=1S/C27H27ClN4O6.C23H23ClN4O4.C16H17NO7.C11H12ClN3/c1-17(33)37-24(25(38-18(2)34)27(36)31-14-19-7-3-4-8-20(19)15-31)26(35)29-13-22-11-12-32(30-22)16-21-9-5-6-10-23(21)28;24-19-8-4-3-7-17(19)14-28-10-9-18(26-28)11-25-22(31)20(29)21(30)23(32)27-12-15-5-1-2-6-16(15)13-27;1-9(18)23-13(14(16(21)22)24-10(2)19)15(20)17-7-11-5-3-4-6-12(11)8-17;12-11-4-2-1-3-9(11)8-15-6-5-10(7-13)14-15/h3-12,24-25H,13-16H2,1-2H3,(H,29,35);1-10,20-21,29-30H,11-14H2,(H,25,31);3-6,13-14H,7-8H2,1-2H3,(H,21,22);1-6H,7-8,13H2/t24-,25-;20-,21-;13-,14-;/m111./s1. The van der Waals surface area contributed by atoms with E-state index in [-0.39, 0.29) is 39.3 Å². The van der Waals surface area contributed by atoms with E-state index in [1.54, 1.807) is 46.0 Å². The van der Waals surface area contributed by atoms with Crippen LogP contribution in [-0.4, -0.2) is 155 Å². The Labute approximate surface area is 640 Å². The summed E-state index contributed by atoms with van der Waals surface area (Å²) in [5.74, 6) is -8.58. The molecule has 5 amide bonds. The van der Waals surface area contributed by atoms with Crippen LogP contribution in [0.1, 0.15) is 94.8 Å². The summed E-state index contributed by atoms with van der Waals surface area (Å²) in [6, 6.07) is 50.4. The topological polar surface area (TPSA) is 382 Å². The Morgan fingerprint density at radius 2 is 0.679 bits per heavy atom. The molecule has 109 heavy (non-hydrogen) atoms. The van der Waals surface area contributed by atoms with Crippen molar-refractivity contribution in [3.63, 3.8) is 0 Å². The predicted molar refractivity (Wildman–Crippen MR) is 394 cm³/mol. The number of carboxylic acids is 1. The molecule has 570 valence electrons. The third-order valence-corrected chi connectivity index (χ3v) is 18.1. The molecular formula is C77H79Cl3N12O17. The Morgan fingerprint density at radius 1 is 0.394 bits per heavy atom. The molecule has 3 aliphatic rings. The van der Waals surface area contributed by atoms with Gasteiger partial charge in [0.15, 0.2) is 12.2 Å². The molecule has 3 aromatic heterocycles. The van der Waals surface area contributed by atoms with Crippen LogP contribution in [0.15, 0.2) is 182 Å². The minimum atomic E-state index is -1.90. The quantitative estimate of drug-likeness (QED) is 0.0274. The molecule has 6 atom stereocenters. The van der Waals surface area contributed by atoms with Crippen molar-refractivity contribution in [2.45, 2.75) is 143 Å². The van der Waals surface area contributed by atoms with E-state index < -0.39 is 96.0 Å². The number of carbonyl (C=O) groups is 10. The number of amides is 5. The molecule has 0 bridgehead atoms. The lowest BCUT2D eigenvalue weighted by Crippen LogP contribution is -2.53. The second-order valence-corrected chi connectivity index (χ2v) is 26.4. The average Bonchev–Trinajstić information content (AvgIpc) is 1.71. The van der Waals surface area contributed by atoms with E-state index in [1.807, 2.05) is 150 Å². The second-order valence-electron chi connectivity index (χ2n) is 25.2. The molecule has 6 aromatic carbocycles. The maximum Gasteiger partial charge on any atom is 0.349 e. The molecule has 9 aromatic rings. The van der Waals surface area contributed by atoms with Crippen LogP contribution in [0.25, 0.3) is 0 Å². The number of nitrogens with one attached hydrogen (secondary N) is 2. The van der Waals surface area contributed by atoms with Gasteiger partial charge in [-0.1, -0.05) is 162 Å². The van der Waals surface area contributed by atoms with Crippen molar-refractivity contribution in [2.24, 2.45) is 5.73 Å². The normalized spacial score (nSPS) is 13.9. The molecule has 6 heterocycles. The zero-order valence-corrected chi connectivity index (χ0v) is 61.8. The summed E-state index contributed by atoms with van der Waals surface area (Å²) in [7, 11) is 0. The van der Waals surface area contributed by atoms with E-state index in [9.17, 15) is 63.3 Å². The molecule has 0 unspecified atom stereocenters. The molecule has 12 rings (SSSR count). The third kappa shape index (κ3) is 23.0. The molecule has 7 N–H and O–H groups in total. The number of aliphatic carboxylic acids is 1. The fourth-order valence-corrected chi connectivity index (χ4v) is 12.3. The van der Waals surface area contributed by atoms with Gasteiger partial charge in [-0.25, -0.2) is 4.79 Å². The van der Waals surface area contributed by atoms with Gasteiger partial charge in [-0.15, -0.1) is 0 Å². The number of hydrogen-bond donors (Lipinski definition) is 6. The van der Waals surface area contributed by atoms with Crippen molar-refractivity contribution in [1.82, 2.24) is 54.7 Å². The number of aliphatic hydroxyl groups is 2. The Hall–Kier alpha value is -11.6. The van der Waals surface area contributed by atoms with Gasteiger partial charge in [-0.3, -0.25) is 57.2 Å². The molecule has 0 saturated heterocycles. The van der Waals surface area contributed by atoms with Crippen LogP contribution in [0, 0.1) is 0 Å². The van der Waals surface area contributed by atoms with E-state index in [0.29, 0.717) is 60.7 Å². The van der Waals surface area contributed by atoms with Gasteiger partial charge in [0.05, 0.1) is 49.8 Å².